The van der Waals surface area contributed by atoms with Gasteiger partial charge in [0.15, 0.2) is 0 Å². The van der Waals surface area contributed by atoms with E-state index in [0.29, 0.717) is 12.2 Å². The minimum Gasteiger partial charge on any atom is -0.317 e. The van der Waals surface area contributed by atoms with Crippen LogP contribution in [0.25, 0.3) is 0 Å². The van der Waals surface area contributed by atoms with E-state index in [4.69, 9.17) is 0 Å². The van der Waals surface area contributed by atoms with Gasteiger partial charge in [0.2, 0.25) is 10.0 Å². The molecule has 114 valence electrons. The molecule has 0 amide bonds. The number of nitrogens with one attached hydrogen (secondary N) is 2. The van der Waals surface area contributed by atoms with Crippen LogP contribution >= 0.6 is 15.9 Å². The molecular formula is C13H22BrN3O2S. The highest BCUT2D eigenvalue weighted by Crippen LogP contribution is 2.17. The third-order valence-electron chi connectivity index (χ3n) is 2.72. The van der Waals surface area contributed by atoms with Gasteiger partial charge in [-0.2, -0.15) is 0 Å². The van der Waals surface area contributed by atoms with Crippen molar-refractivity contribution in [3.63, 3.8) is 0 Å². The van der Waals surface area contributed by atoms with Crippen molar-refractivity contribution in [2.24, 2.45) is 0 Å². The summed E-state index contributed by atoms with van der Waals surface area (Å²) in [5, 5.41) is 3.25. The van der Waals surface area contributed by atoms with Crippen LogP contribution < -0.4 is 10.0 Å². The van der Waals surface area contributed by atoms with Gasteiger partial charge >= 0.3 is 0 Å². The Morgan fingerprint density at radius 1 is 1.25 bits per heavy atom. The van der Waals surface area contributed by atoms with E-state index in [1.54, 1.807) is 12.1 Å². The number of anilines is 1. The van der Waals surface area contributed by atoms with Gasteiger partial charge in [-0.05, 0) is 67.3 Å². The third-order valence-corrected chi connectivity index (χ3v) is 4.91. The highest BCUT2D eigenvalue weighted by atomic mass is 79.9. The van der Waals surface area contributed by atoms with Crippen molar-refractivity contribution >= 4 is 31.8 Å². The van der Waals surface area contributed by atoms with Gasteiger partial charge in [0.25, 0.3) is 0 Å². The molecule has 0 atom stereocenters. The van der Waals surface area contributed by atoms with Crippen LogP contribution in [-0.4, -0.2) is 32.2 Å². The smallest absolute Gasteiger partial charge is 0.233 e. The molecule has 7 heteroatoms. The molecular weight excluding hydrogens is 342 g/mol. The molecule has 1 heterocycles. The molecule has 5 nitrogen and oxygen atoms in total. The first-order valence-electron chi connectivity index (χ1n) is 6.79. The fraction of sp³-hybridized carbons (Fsp3) is 0.615. The van der Waals surface area contributed by atoms with Crippen molar-refractivity contribution in [3.05, 3.63) is 22.3 Å². The summed E-state index contributed by atoms with van der Waals surface area (Å²) in [6.07, 6.45) is 2.59. The van der Waals surface area contributed by atoms with Crippen molar-refractivity contribution in [2.45, 2.75) is 33.1 Å². The third kappa shape index (κ3) is 6.67. The van der Waals surface area contributed by atoms with Crippen molar-refractivity contribution in [3.8, 4) is 0 Å². The summed E-state index contributed by atoms with van der Waals surface area (Å²) in [6, 6.07) is 3.44. The van der Waals surface area contributed by atoms with Gasteiger partial charge in [0, 0.05) is 4.47 Å². The van der Waals surface area contributed by atoms with Crippen molar-refractivity contribution in [2.75, 3.05) is 23.6 Å². The minimum atomic E-state index is -3.31. The standard InChI is InChI=1S/C13H22BrN3O2S/c1-3-8-15-9-4-5-10-20(18,19)17-13-7-6-12(14)11(2)16-13/h6-7,15H,3-5,8-10H2,1-2H3,(H,16,17). The van der Waals surface area contributed by atoms with Crippen LogP contribution in [-0.2, 0) is 10.0 Å². The van der Waals surface area contributed by atoms with Gasteiger partial charge in [0.1, 0.15) is 5.82 Å². The van der Waals surface area contributed by atoms with Crippen molar-refractivity contribution < 1.29 is 8.42 Å². The molecule has 0 aliphatic rings. The number of unbranched alkanes of at least 4 members (excludes halogenated alkanes) is 1. The summed E-state index contributed by atoms with van der Waals surface area (Å²) < 4.78 is 27.2. The molecule has 20 heavy (non-hydrogen) atoms. The molecule has 0 bridgehead atoms. The molecule has 0 unspecified atom stereocenters. The lowest BCUT2D eigenvalue weighted by Gasteiger charge is -2.08. The SMILES string of the molecule is CCCNCCCCS(=O)(=O)Nc1ccc(Br)c(C)n1. The summed E-state index contributed by atoms with van der Waals surface area (Å²) >= 11 is 3.33. The quantitative estimate of drug-likeness (QED) is 0.661. The van der Waals surface area contributed by atoms with E-state index < -0.39 is 10.0 Å². The Morgan fingerprint density at radius 2 is 2.00 bits per heavy atom. The zero-order valence-corrected chi connectivity index (χ0v) is 14.3. The van der Waals surface area contributed by atoms with Crippen LogP contribution in [0.15, 0.2) is 16.6 Å². The molecule has 0 radical (unpaired) electrons. The van der Waals surface area contributed by atoms with E-state index in [0.717, 1.165) is 36.1 Å². The molecule has 1 aromatic heterocycles. The normalized spacial score (nSPS) is 11.6. The topological polar surface area (TPSA) is 71.1 Å². The van der Waals surface area contributed by atoms with E-state index >= 15 is 0 Å². The maximum absolute atomic E-state index is 11.9. The summed E-state index contributed by atoms with van der Waals surface area (Å²) in [5.74, 6) is 0.493. The number of hydrogen-bond donors (Lipinski definition) is 2. The predicted octanol–water partition coefficient (Wildman–Crippen LogP) is 2.67. The number of aryl methyl sites for hydroxylation is 1. The molecule has 0 aliphatic heterocycles. The number of aromatic nitrogens is 1. The van der Waals surface area contributed by atoms with Crippen LogP contribution in [0.4, 0.5) is 5.82 Å². The van der Waals surface area contributed by atoms with E-state index in [1.807, 2.05) is 6.92 Å². The van der Waals surface area contributed by atoms with Crippen LogP contribution in [0.3, 0.4) is 0 Å². The lowest BCUT2D eigenvalue weighted by Crippen LogP contribution is -2.20. The molecule has 0 aromatic carbocycles. The van der Waals surface area contributed by atoms with Crippen LogP contribution in [0.5, 0.6) is 0 Å². The Bertz CT molecular complexity index is 520. The Kier molecular flexibility index (Phi) is 7.47. The summed E-state index contributed by atoms with van der Waals surface area (Å²) in [6.45, 7) is 5.77. The first kappa shape index (κ1) is 17.4. The van der Waals surface area contributed by atoms with Gasteiger partial charge in [-0.1, -0.05) is 6.92 Å². The molecule has 0 fully saturated rings. The Labute approximate surface area is 129 Å². The number of hydrogen-bond acceptors (Lipinski definition) is 4. The van der Waals surface area contributed by atoms with E-state index in [-0.39, 0.29) is 5.75 Å². The molecule has 0 spiro atoms. The molecule has 0 saturated carbocycles. The number of halogens is 1. The fourth-order valence-corrected chi connectivity index (χ4v) is 2.99. The van der Waals surface area contributed by atoms with Crippen LogP contribution in [0, 0.1) is 6.92 Å². The monoisotopic (exact) mass is 363 g/mol. The van der Waals surface area contributed by atoms with Gasteiger partial charge in [-0.3, -0.25) is 4.72 Å². The number of pyridine rings is 1. The lowest BCUT2D eigenvalue weighted by molar-refractivity contribution is 0.590. The summed E-state index contributed by atoms with van der Waals surface area (Å²) in [7, 11) is -3.31. The fourth-order valence-electron chi connectivity index (χ4n) is 1.66. The zero-order valence-electron chi connectivity index (χ0n) is 11.9. The van der Waals surface area contributed by atoms with Gasteiger partial charge < -0.3 is 5.32 Å². The maximum atomic E-state index is 11.9. The predicted molar refractivity (Wildman–Crippen MR) is 86.5 cm³/mol. The Morgan fingerprint density at radius 3 is 2.65 bits per heavy atom. The average Bonchev–Trinajstić information content (AvgIpc) is 2.38. The van der Waals surface area contributed by atoms with Crippen molar-refractivity contribution in [1.29, 1.82) is 0 Å². The first-order valence-corrected chi connectivity index (χ1v) is 9.23. The summed E-state index contributed by atoms with van der Waals surface area (Å²) in [5.41, 5.74) is 0.758. The minimum absolute atomic E-state index is 0.123. The van der Waals surface area contributed by atoms with E-state index in [9.17, 15) is 8.42 Å². The number of rotatable bonds is 9. The van der Waals surface area contributed by atoms with Crippen LogP contribution in [0.2, 0.25) is 0 Å². The molecule has 1 aromatic rings. The van der Waals surface area contributed by atoms with E-state index in [1.165, 1.54) is 0 Å². The molecule has 2 N–H and O–H groups in total. The zero-order chi connectivity index (χ0) is 15.0. The van der Waals surface area contributed by atoms with E-state index in [2.05, 4.69) is 37.9 Å². The van der Waals surface area contributed by atoms with Crippen molar-refractivity contribution in [1.82, 2.24) is 10.3 Å². The average molecular weight is 364 g/mol. The maximum Gasteiger partial charge on any atom is 0.233 e. The molecule has 1 rings (SSSR count). The van der Waals surface area contributed by atoms with Gasteiger partial charge in [0.05, 0.1) is 11.4 Å². The first-order chi connectivity index (χ1) is 9.44. The molecule has 0 saturated heterocycles. The lowest BCUT2D eigenvalue weighted by atomic mass is 10.3. The van der Waals surface area contributed by atoms with Gasteiger partial charge in [-0.15, -0.1) is 0 Å². The second kappa shape index (κ2) is 8.59. The number of nitrogens with zero attached hydrogens (tertiary/aromatic N) is 1. The molecule has 0 aliphatic carbocycles. The Balaban J connectivity index is 2.39. The highest BCUT2D eigenvalue weighted by Gasteiger charge is 2.11. The van der Waals surface area contributed by atoms with Gasteiger partial charge in [-0.25, -0.2) is 13.4 Å². The largest absolute Gasteiger partial charge is 0.317 e. The second-order valence-electron chi connectivity index (χ2n) is 4.64. The summed E-state index contributed by atoms with van der Waals surface area (Å²) in [4.78, 5) is 4.18. The highest BCUT2D eigenvalue weighted by molar-refractivity contribution is 9.10. The number of sulfonamides is 1. The van der Waals surface area contributed by atoms with Crippen LogP contribution in [0.1, 0.15) is 31.9 Å². The Hall–Kier alpha value is -0.660. The second-order valence-corrected chi connectivity index (χ2v) is 7.34.